The Kier molecular flexibility index (Phi) is 7.14. The van der Waals surface area contributed by atoms with Gasteiger partial charge in [0.25, 0.3) is 5.91 Å². The summed E-state index contributed by atoms with van der Waals surface area (Å²) in [6.45, 7) is 8.23. The Morgan fingerprint density at radius 3 is 2.77 bits per heavy atom. The number of hydrogen-bond donors (Lipinski definition) is 0. The zero-order valence-electron chi connectivity index (χ0n) is 15.7. The normalized spacial score (nSPS) is 16.7. The maximum Gasteiger partial charge on any atom is 0.257 e. The summed E-state index contributed by atoms with van der Waals surface area (Å²) in [5, 5.41) is 0. The average Bonchev–Trinajstić information content (AvgIpc) is 3.16. The first-order valence-electron chi connectivity index (χ1n) is 9.77. The maximum absolute atomic E-state index is 13.2. The molecule has 3 rings (SSSR count). The van der Waals surface area contributed by atoms with E-state index >= 15 is 0 Å². The molecular weight excluding hydrogens is 332 g/mol. The van der Waals surface area contributed by atoms with Gasteiger partial charge in [-0.1, -0.05) is 32.3 Å². The molecule has 1 aromatic carbocycles. The molecule has 1 saturated heterocycles. The molecule has 2 heterocycles. The molecule has 1 aromatic rings. The van der Waals surface area contributed by atoms with E-state index in [1.807, 2.05) is 23.1 Å². The lowest BCUT2D eigenvalue weighted by Gasteiger charge is -2.30. The fraction of sp³-hybridized carbons (Fsp3) is 0.650. The Bertz CT molecular complexity index is 587. The Morgan fingerprint density at radius 2 is 1.96 bits per heavy atom. The second kappa shape index (κ2) is 9.78. The molecule has 0 unspecified atom stereocenters. The largest absolute Gasteiger partial charge is 0.454 e. The van der Waals surface area contributed by atoms with Crippen LogP contribution in [0.1, 0.15) is 43.0 Å². The van der Waals surface area contributed by atoms with Gasteiger partial charge in [0.1, 0.15) is 0 Å². The van der Waals surface area contributed by atoms with Crippen molar-refractivity contribution in [1.29, 1.82) is 0 Å². The second-order valence-electron chi connectivity index (χ2n) is 6.85. The summed E-state index contributed by atoms with van der Waals surface area (Å²) in [7, 11) is 0. The van der Waals surface area contributed by atoms with Gasteiger partial charge in [-0.05, 0) is 18.6 Å². The zero-order valence-corrected chi connectivity index (χ0v) is 15.7. The van der Waals surface area contributed by atoms with Crippen molar-refractivity contribution in [3.05, 3.63) is 23.8 Å². The Balaban J connectivity index is 1.65. The fourth-order valence-corrected chi connectivity index (χ4v) is 3.40. The molecule has 2 aliphatic rings. The minimum Gasteiger partial charge on any atom is -0.454 e. The second-order valence-corrected chi connectivity index (χ2v) is 6.85. The lowest BCUT2D eigenvalue weighted by atomic mass is 10.1. The van der Waals surface area contributed by atoms with Gasteiger partial charge < -0.3 is 19.1 Å². The average molecular weight is 362 g/mol. The summed E-state index contributed by atoms with van der Waals surface area (Å²) >= 11 is 0. The summed E-state index contributed by atoms with van der Waals surface area (Å²) in [5.74, 6) is 1.29. The number of nitrogens with zero attached hydrogens (tertiary/aromatic N) is 2. The first-order valence-corrected chi connectivity index (χ1v) is 9.77. The van der Waals surface area contributed by atoms with Gasteiger partial charge in [-0.3, -0.25) is 9.69 Å². The number of morpholine rings is 1. The van der Waals surface area contributed by atoms with Crippen molar-refractivity contribution < 1.29 is 19.0 Å². The molecule has 0 N–H and O–H groups in total. The molecule has 0 atom stereocenters. The lowest BCUT2D eigenvalue weighted by molar-refractivity contribution is 0.0323. The van der Waals surface area contributed by atoms with Gasteiger partial charge in [0, 0.05) is 32.7 Å². The van der Waals surface area contributed by atoms with Crippen LogP contribution < -0.4 is 9.47 Å². The molecule has 26 heavy (non-hydrogen) atoms. The summed E-state index contributed by atoms with van der Waals surface area (Å²) in [4.78, 5) is 17.5. The first-order chi connectivity index (χ1) is 12.8. The van der Waals surface area contributed by atoms with Gasteiger partial charge in [0.05, 0.1) is 18.8 Å². The minimum atomic E-state index is 0.0390. The number of para-hydroxylation sites is 1. The van der Waals surface area contributed by atoms with Crippen molar-refractivity contribution in [3.8, 4) is 11.5 Å². The number of unbranched alkanes of at least 4 members (excludes halogenated alkanes) is 3. The van der Waals surface area contributed by atoms with Gasteiger partial charge in [0.2, 0.25) is 6.79 Å². The molecule has 0 saturated carbocycles. The predicted molar refractivity (Wildman–Crippen MR) is 99.9 cm³/mol. The van der Waals surface area contributed by atoms with Crippen LogP contribution in [0.2, 0.25) is 0 Å². The van der Waals surface area contributed by atoms with E-state index in [0.717, 1.165) is 58.8 Å². The number of fused-ring (bicyclic) bond motifs is 1. The van der Waals surface area contributed by atoms with Crippen molar-refractivity contribution in [1.82, 2.24) is 9.80 Å². The molecule has 2 aliphatic heterocycles. The van der Waals surface area contributed by atoms with Crippen LogP contribution in [-0.4, -0.2) is 68.4 Å². The highest BCUT2D eigenvalue weighted by Crippen LogP contribution is 2.35. The van der Waals surface area contributed by atoms with E-state index in [4.69, 9.17) is 14.2 Å². The van der Waals surface area contributed by atoms with Crippen molar-refractivity contribution in [3.63, 3.8) is 0 Å². The van der Waals surface area contributed by atoms with E-state index in [1.54, 1.807) is 0 Å². The maximum atomic E-state index is 13.2. The van der Waals surface area contributed by atoms with Crippen molar-refractivity contribution >= 4 is 5.91 Å². The van der Waals surface area contributed by atoms with Crippen LogP contribution in [0, 0.1) is 0 Å². The summed E-state index contributed by atoms with van der Waals surface area (Å²) in [6.07, 6.45) is 4.60. The lowest BCUT2D eigenvalue weighted by Crippen LogP contribution is -2.43. The number of hydrogen-bond acceptors (Lipinski definition) is 5. The van der Waals surface area contributed by atoms with E-state index in [9.17, 15) is 4.79 Å². The summed E-state index contributed by atoms with van der Waals surface area (Å²) in [5.41, 5.74) is 0.609. The van der Waals surface area contributed by atoms with E-state index in [-0.39, 0.29) is 12.7 Å². The number of carbonyl (C=O) groups excluding carboxylic acids is 1. The van der Waals surface area contributed by atoms with Gasteiger partial charge in [-0.2, -0.15) is 0 Å². The molecule has 1 amide bonds. The van der Waals surface area contributed by atoms with Crippen LogP contribution in [0.5, 0.6) is 11.5 Å². The van der Waals surface area contributed by atoms with Crippen LogP contribution in [0.15, 0.2) is 18.2 Å². The van der Waals surface area contributed by atoms with E-state index in [1.165, 1.54) is 12.8 Å². The number of amides is 1. The highest BCUT2D eigenvalue weighted by Gasteiger charge is 2.25. The molecule has 6 nitrogen and oxygen atoms in total. The first kappa shape index (κ1) is 19.0. The summed E-state index contributed by atoms with van der Waals surface area (Å²) < 4.78 is 16.4. The minimum absolute atomic E-state index is 0.0390. The molecular formula is C20H30N2O4. The third-order valence-corrected chi connectivity index (χ3v) is 4.99. The van der Waals surface area contributed by atoms with Crippen molar-refractivity contribution in [2.24, 2.45) is 0 Å². The van der Waals surface area contributed by atoms with Gasteiger partial charge in [0.15, 0.2) is 11.5 Å². The third kappa shape index (κ3) is 4.89. The number of ether oxygens (including phenoxy) is 3. The van der Waals surface area contributed by atoms with Crippen molar-refractivity contribution in [2.75, 3.05) is 52.7 Å². The van der Waals surface area contributed by atoms with Crippen LogP contribution >= 0.6 is 0 Å². The molecule has 1 fully saturated rings. The molecule has 0 aliphatic carbocycles. The number of rotatable bonds is 9. The topological polar surface area (TPSA) is 51.2 Å². The highest BCUT2D eigenvalue weighted by molar-refractivity contribution is 5.98. The Labute approximate surface area is 156 Å². The molecule has 0 bridgehead atoms. The molecule has 6 heteroatoms. The molecule has 0 radical (unpaired) electrons. The zero-order chi connectivity index (χ0) is 18.2. The highest BCUT2D eigenvalue weighted by atomic mass is 16.7. The van der Waals surface area contributed by atoms with Crippen LogP contribution in [0.25, 0.3) is 0 Å². The van der Waals surface area contributed by atoms with Crippen molar-refractivity contribution in [2.45, 2.75) is 32.6 Å². The van der Waals surface area contributed by atoms with Gasteiger partial charge >= 0.3 is 0 Å². The molecule has 0 aromatic heterocycles. The van der Waals surface area contributed by atoms with Gasteiger partial charge in [-0.25, -0.2) is 0 Å². The molecule has 144 valence electrons. The van der Waals surface area contributed by atoms with Crippen LogP contribution in [0.3, 0.4) is 0 Å². The van der Waals surface area contributed by atoms with E-state index < -0.39 is 0 Å². The number of carbonyl (C=O) groups is 1. The quantitative estimate of drug-likeness (QED) is 0.632. The third-order valence-electron chi connectivity index (χ3n) is 4.99. The fourth-order valence-electron chi connectivity index (χ4n) is 3.40. The smallest absolute Gasteiger partial charge is 0.257 e. The van der Waals surface area contributed by atoms with E-state index in [2.05, 4.69) is 11.8 Å². The predicted octanol–water partition coefficient (Wildman–Crippen LogP) is 2.77. The Morgan fingerprint density at radius 1 is 1.12 bits per heavy atom. The van der Waals surface area contributed by atoms with Gasteiger partial charge in [-0.15, -0.1) is 0 Å². The van der Waals surface area contributed by atoms with Crippen LogP contribution in [-0.2, 0) is 4.74 Å². The molecule has 0 spiro atoms. The Hall–Kier alpha value is -1.79. The summed E-state index contributed by atoms with van der Waals surface area (Å²) in [6, 6.07) is 5.54. The van der Waals surface area contributed by atoms with E-state index in [0.29, 0.717) is 17.1 Å². The monoisotopic (exact) mass is 362 g/mol. The van der Waals surface area contributed by atoms with Crippen LogP contribution in [0.4, 0.5) is 0 Å². The number of benzene rings is 1. The SMILES string of the molecule is CCCCCCN(CCN1CCOCC1)C(=O)c1cccc2c1OCO2. The standard InChI is InChI=1S/C20H30N2O4/c1-2-3-4-5-9-22(11-10-21-12-14-24-15-13-21)20(23)17-7-6-8-18-19(17)26-16-25-18/h6-8H,2-5,9-16H2,1H3.